The molecule has 0 fully saturated rings. The normalized spacial score (nSPS) is 11.8. The van der Waals surface area contributed by atoms with Gasteiger partial charge in [0.05, 0.1) is 15.9 Å². The molecule has 0 atom stereocenters. The van der Waals surface area contributed by atoms with E-state index in [-0.39, 0.29) is 11.4 Å². The van der Waals surface area contributed by atoms with Crippen molar-refractivity contribution in [2.45, 2.75) is 32.9 Å². The fraction of sp³-hybridized carbons (Fsp3) is 0.357. The Balaban J connectivity index is 2.14. The van der Waals surface area contributed by atoms with Crippen molar-refractivity contribution < 1.29 is 4.39 Å². The van der Waals surface area contributed by atoms with Crippen LogP contribution in [0.5, 0.6) is 0 Å². The number of rotatable bonds is 3. The van der Waals surface area contributed by atoms with Gasteiger partial charge in [-0.3, -0.25) is 0 Å². The summed E-state index contributed by atoms with van der Waals surface area (Å²) in [4.78, 5) is 0. The minimum atomic E-state index is -0.289. The molecule has 5 heteroatoms. The van der Waals surface area contributed by atoms with Crippen molar-refractivity contribution in [3.05, 3.63) is 46.4 Å². The molecular weight excluding hydrogens is 309 g/mol. The second-order valence-electron chi connectivity index (χ2n) is 5.45. The Labute approximate surface area is 121 Å². The van der Waals surface area contributed by atoms with E-state index in [9.17, 15) is 4.39 Å². The van der Waals surface area contributed by atoms with Gasteiger partial charge in [-0.2, -0.15) is 5.10 Å². The van der Waals surface area contributed by atoms with E-state index < -0.39 is 0 Å². The van der Waals surface area contributed by atoms with Crippen LogP contribution in [-0.2, 0) is 6.54 Å². The lowest BCUT2D eigenvalue weighted by Gasteiger charge is -2.19. The summed E-state index contributed by atoms with van der Waals surface area (Å²) in [5, 5.41) is 7.79. The molecule has 0 spiro atoms. The molecule has 0 bridgehead atoms. The quantitative estimate of drug-likeness (QED) is 0.933. The Hall–Kier alpha value is -1.20. The third-order valence-electron chi connectivity index (χ3n) is 2.61. The van der Waals surface area contributed by atoms with E-state index in [1.165, 1.54) is 6.07 Å². The lowest BCUT2D eigenvalue weighted by molar-refractivity contribution is 0.420. The van der Waals surface area contributed by atoms with Gasteiger partial charge in [-0.1, -0.05) is 0 Å². The maximum atomic E-state index is 13.5. The molecule has 0 radical (unpaired) electrons. The van der Waals surface area contributed by atoms with Crippen LogP contribution >= 0.6 is 15.9 Å². The summed E-state index contributed by atoms with van der Waals surface area (Å²) >= 11 is 3.14. The highest BCUT2D eigenvalue weighted by Crippen LogP contribution is 2.18. The zero-order chi connectivity index (χ0) is 14.0. The molecule has 0 aliphatic carbocycles. The molecule has 0 aliphatic rings. The molecule has 1 heterocycles. The summed E-state index contributed by atoms with van der Waals surface area (Å²) in [7, 11) is 0. The summed E-state index contributed by atoms with van der Waals surface area (Å²) < 4.78 is 15.6. The third kappa shape index (κ3) is 3.88. The van der Waals surface area contributed by atoms with Crippen molar-refractivity contribution in [3.8, 4) is 5.69 Å². The number of nitrogens with zero attached hydrogens (tertiary/aromatic N) is 2. The molecule has 0 unspecified atom stereocenters. The zero-order valence-corrected chi connectivity index (χ0v) is 12.8. The van der Waals surface area contributed by atoms with Crippen molar-refractivity contribution in [2.24, 2.45) is 0 Å². The van der Waals surface area contributed by atoms with Crippen LogP contribution in [0.15, 0.2) is 34.9 Å². The van der Waals surface area contributed by atoms with E-state index in [1.807, 2.05) is 18.3 Å². The van der Waals surface area contributed by atoms with E-state index in [4.69, 9.17) is 0 Å². The fourth-order valence-electron chi connectivity index (χ4n) is 1.58. The Morgan fingerprint density at radius 2 is 2.05 bits per heavy atom. The first-order chi connectivity index (χ1) is 8.85. The minimum Gasteiger partial charge on any atom is -0.306 e. The van der Waals surface area contributed by atoms with Crippen molar-refractivity contribution in [3.63, 3.8) is 0 Å². The average molecular weight is 326 g/mol. The molecule has 1 N–H and O–H groups in total. The van der Waals surface area contributed by atoms with Gasteiger partial charge >= 0.3 is 0 Å². The predicted octanol–water partition coefficient (Wildman–Crippen LogP) is 3.66. The second kappa shape index (κ2) is 5.43. The molecule has 0 saturated heterocycles. The zero-order valence-electron chi connectivity index (χ0n) is 11.2. The van der Waals surface area contributed by atoms with Gasteiger partial charge < -0.3 is 5.32 Å². The first-order valence-electron chi connectivity index (χ1n) is 6.10. The molecular formula is C14H17BrFN3. The highest BCUT2D eigenvalue weighted by atomic mass is 79.9. The van der Waals surface area contributed by atoms with Crippen LogP contribution in [-0.4, -0.2) is 15.3 Å². The van der Waals surface area contributed by atoms with E-state index in [1.54, 1.807) is 10.7 Å². The molecule has 1 aromatic carbocycles. The SMILES string of the molecule is CC(C)(C)NCc1ccn(-c2ccc(Br)c(F)c2)n1. The second-order valence-corrected chi connectivity index (χ2v) is 6.31. The molecule has 3 nitrogen and oxygen atoms in total. The number of nitrogens with one attached hydrogen (secondary N) is 1. The first kappa shape index (κ1) is 14.2. The van der Waals surface area contributed by atoms with Crippen molar-refractivity contribution in [1.82, 2.24) is 15.1 Å². The van der Waals surface area contributed by atoms with Crippen LogP contribution < -0.4 is 5.32 Å². The fourth-order valence-corrected chi connectivity index (χ4v) is 1.83. The predicted molar refractivity (Wildman–Crippen MR) is 77.8 cm³/mol. The number of aromatic nitrogens is 2. The van der Waals surface area contributed by atoms with Gasteiger partial charge in [0, 0.05) is 24.3 Å². The van der Waals surface area contributed by atoms with Gasteiger partial charge in [0.15, 0.2) is 0 Å². The Bertz CT molecular complexity index is 572. The molecule has 2 rings (SSSR count). The Morgan fingerprint density at radius 1 is 1.32 bits per heavy atom. The van der Waals surface area contributed by atoms with Crippen molar-refractivity contribution >= 4 is 15.9 Å². The molecule has 0 saturated carbocycles. The highest BCUT2D eigenvalue weighted by molar-refractivity contribution is 9.10. The van der Waals surface area contributed by atoms with Gasteiger partial charge in [0.25, 0.3) is 0 Å². The molecule has 2 aromatic rings. The van der Waals surface area contributed by atoms with E-state index >= 15 is 0 Å². The van der Waals surface area contributed by atoms with Gasteiger partial charge in [-0.25, -0.2) is 9.07 Å². The van der Waals surface area contributed by atoms with Crippen LogP contribution in [0.3, 0.4) is 0 Å². The number of hydrogen-bond donors (Lipinski definition) is 1. The smallest absolute Gasteiger partial charge is 0.139 e. The largest absolute Gasteiger partial charge is 0.306 e. The van der Waals surface area contributed by atoms with Crippen LogP contribution in [0.4, 0.5) is 4.39 Å². The maximum absolute atomic E-state index is 13.5. The third-order valence-corrected chi connectivity index (χ3v) is 3.25. The van der Waals surface area contributed by atoms with Gasteiger partial charge in [0.2, 0.25) is 0 Å². The van der Waals surface area contributed by atoms with Crippen LogP contribution in [0.25, 0.3) is 5.69 Å². The lowest BCUT2D eigenvalue weighted by Crippen LogP contribution is -2.35. The maximum Gasteiger partial charge on any atom is 0.139 e. The number of benzene rings is 1. The molecule has 0 amide bonds. The van der Waals surface area contributed by atoms with Gasteiger partial charge in [0.1, 0.15) is 5.82 Å². The van der Waals surface area contributed by atoms with Crippen LogP contribution in [0, 0.1) is 5.82 Å². The van der Waals surface area contributed by atoms with Crippen LogP contribution in [0.1, 0.15) is 26.5 Å². The summed E-state index contributed by atoms with van der Waals surface area (Å²) in [5.74, 6) is -0.289. The summed E-state index contributed by atoms with van der Waals surface area (Å²) in [5.41, 5.74) is 1.69. The van der Waals surface area contributed by atoms with E-state index in [2.05, 4.69) is 47.1 Å². The van der Waals surface area contributed by atoms with Crippen molar-refractivity contribution in [2.75, 3.05) is 0 Å². The number of halogens is 2. The molecule has 0 aliphatic heterocycles. The highest BCUT2D eigenvalue weighted by Gasteiger charge is 2.10. The summed E-state index contributed by atoms with van der Waals surface area (Å²) in [6, 6.07) is 6.89. The molecule has 102 valence electrons. The summed E-state index contributed by atoms with van der Waals surface area (Å²) in [6.07, 6.45) is 1.84. The standard InChI is InChI=1S/C14H17BrFN3/c1-14(2,3)17-9-10-6-7-19(18-10)11-4-5-12(15)13(16)8-11/h4-8,17H,9H2,1-3H3. The molecule has 1 aromatic heterocycles. The Morgan fingerprint density at radius 3 is 2.68 bits per heavy atom. The minimum absolute atomic E-state index is 0.0491. The van der Waals surface area contributed by atoms with Gasteiger partial charge in [-0.05, 0) is 54.9 Å². The first-order valence-corrected chi connectivity index (χ1v) is 6.89. The van der Waals surface area contributed by atoms with Crippen LogP contribution in [0.2, 0.25) is 0 Å². The topological polar surface area (TPSA) is 29.9 Å². The number of hydrogen-bond acceptors (Lipinski definition) is 2. The van der Waals surface area contributed by atoms with E-state index in [0.29, 0.717) is 16.7 Å². The monoisotopic (exact) mass is 325 g/mol. The van der Waals surface area contributed by atoms with Gasteiger partial charge in [-0.15, -0.1) is 0 Å². The lowest BCUT2D eigenvalue weighted by atomic mass is 10.1. The van der Waals surface area contributed by atoms with Crippen molar-refractivity contribution in [1.29, 1.82) is 0 Å². The Kier molecular flexibility index (Phi) is 4.06. The van der Waals surface area contributed by atoms with E-state index in [0.717, 1.165) is 5.69 Å². The summed E-state index contributed by atoms with van der Waals surface area (Å²) in [6.45, 7) is 7.01. The average Bonchev–Trinajstić information content (AvgIpc) is 2.78. The molecule has 19 heavy (non-hydrogen) atoms.